The molecule has 1 aliphatic carbocycles. The smallest absolute Gasteiger partial charge is 0.0408 e. The second-order valence-corrected chi connectivity index (χ2v) is 6.07. The van der Waals surface area contributed by atoms with Gasteiger partial charge in [0.15, 0.2) is 0 Å². The number of hydrogen-bond donors (Lipinski definition) is 1. The molecule has 1 aromatic rings. The summed E-state index contributed by atoms with van der Waals surface area (Å²) in [5, 5.41) is 4.52. The highest BCUT2D eigenvalue weighted by Gasteiger charge is 2.19. The van der Waals surface area contributed by atoms with Crippen LogP contribution < -0.4 is 5.32 Å². The summed E-state index contributed by atoms with van der Waals surface area (Å²) in [7, 11) is 0. The van der Waals surface area contributed by atoms with Crippen molar-refractivity contribution < 1.29 is 0 Å². The number of rotatable bonds is 4. The van der Waals surface area contributed by atoms with Gasteiger partial charge in [-0.05, 0) is 55.9 Å². The third kappa shape index (κ3) is 3.73. The van der Waals surface area contributed by atoms with Crippen molar-refractivity contribution >= 4 is 11.6 Å². The van der Waals surface area contributed by atoms with E-state index in [-0.39, 0.29) is 0 Å². The van der Waals surface area contributed by atoms with Gasteiger partial charge in [-0.2, -0.15) is 0 Å². The molecule has 100 valence electrons. The SMILES string of the molecule is Cc1cc(Cl)ccc1CN[C@@H](C)C1CCCCC1. The highest BCUT2D eigenvalue weighted by Crippen LogP contribution is 2.26. The summed E-state index contributed by atoms with van der Waals surface area (Å²) in [6.45, 7) is 5.43. The van der Waals surface area contributed by atoms with Gasteiger partial charge >= 0.3 is 0 Å². The first-order valence-electron chi connectivity index (χ1n) is 7.15. The maximum absolute atomic E-state index is 5.98. The molecule has 1 aromatic carbocycles. The van der Waals surface area contributed by atoms with Gasteiger partial charge < -0.3 is 5.32 Å². The fourth-order valence-electron chi connectivity index (χ4n) is 2.93. The summed E-state index contributed by atoms with van der Waals surface area (Å²) in [6.07, 6.45) is 7.05. The third-order valence-electron chi connectivity index (χ3n) is 4.28. The molecule has 1 nitrogen and oxygen atoms in total. The van der Waals surface area contributed by atoms with E-state index in [1.165, 1.54) is 43.2 Å². The number of aryl methyl sites for hydroxylation is 1. The molecule has 1 saturated carbocycles. The normalized spacial score (nSPS) is 18.8. The van der Waals surface area contributed by atoms with Crippen molar-refractivity contribution in [1.82, 2.24) is 5.32 Å². The zero-order valence-electron chi connectivity index (χ0n) is 11.5. The van der Waals surface area contributed by atoms with Gasteiger partial charge in [0.2, 0.25) is 0 Å². The number of halogens is 1. The monoisotopic (exact) mass is 265 g/mol. The van der Waals surface area contributed by atoms with Gasteiger partial charge in [0, 0.05) is 17.6 Å². The van der Waals surface area contributed by atoms with Crippen molar-refractivity contribution in [2.45, 2.75) is 58.5 Å². The molecule has 1 aliphatic rings. The van der Waals surface area contributed by atoms with Gasteiger partial charge in [0.25, 0.3) is 0 Å². The van der Waals surface area contributed by atoms with Crippen molar-refractivity contribution in [3.8, 4) is 0 Å². The average molecular weight is 266 g/mol. The van der Waals surface area contributed by atoms with Gasteiger partial charge in [-0.25, -0.2) is 0 Å². The molecule has 0 radical (unpaired) electrons. The zero-order valence-corrected chi connectivity index (χ0v) is 12.3. The van der Waals surface area contributed by atoms with Crippen LogP contribution >= 0.6 is 11.6 Å². The fraction of sp³-hybridized carbons (Fsp3) is 0.625. The van der Waals surface area contributed by atoms with E-state index in [4.69, 9.17) is 11.6 Å². The topological polar surface area (TPSA) is 12.0 Å². The molecule has 1 fully saturated rings. The Morgan fingerprint density at radius 3 is 2.67 bits per heavy atom. The van der Waals surface area contributed by atoms with Gasteiger partial charge in [-0.1, -0.05) is 36.9 Å². The number of nitrogens with one attached hydrogen (secondary N) is 1. The second-order valence-electron chi connectivity index (χ2n) is 5.64. The minimum absolute atomic E-state index is 0.625. The lowest BCUT2D eigenvalue weighted by molar-refractivity contribution is 0.280. The maximum atomic E-state index is 5.98. The van der Waals surface area contributed by atoms with Gasteiger partial charge in [-0.3, -0.25) is 0 Å². The van der Waals surface area contributed by atoms with Crippen LogP contribution in [0.5, 0.6) is 0 Å². The first kappa shape index (κ1) is 13.9. The molecule has 2 rings (SSSR count). The minimum Gasteiger partial charge on any atom is -0.310 e. The molecule has 0 spiro atoms. The summed E-state index contributed by atoms with van der Waals surface area (Å²) >= 11 is 5.98. The van der Waals surface area contributed by atoms with E-state index in [0.717, 1.165) is 17.5 Å². The summed E-state index contributed by atoms with van der Waals surface area (Å²) in [5.74, 6) is 0.867. The molecule has 0 saturated heterocycles. The molecule has 0 bridgehead atoms. The lowest BCUT2D eigenvalue weighted by Crippen LogP contribution is -2.34. The maximum Gasteiger partial charge on any atom is 0.0408 e. The second kappa shape index (κ2) is 6.58. The first-order chi connectivity index (χ1) is 8.66. The highest BCUT2D eigenvalue weighted by molar-refractivity contribution is 6.30. The predicted octanol–water partition coefficient (Wildman–Crippen LogP) is 4.71. The Kier molecular flexibility index (Phi) is 5.08. The zero-order chi connectivity index (χ0) is 13.0. The summed E-state index contributed by atoms with van der Waals surface area (Å²) < 4.78 is 0. The summed E-state index contributed by atoms with van der Waals surface area (Å²) in [6, 6.07) is 6.79. The molecule has 0 amide bonds. The van der Waals surface area contributed by atoms with Gasteiger partial charge in [-0.15, -0.1) is 0 Å². The van der Waals surface area contributed by atoms with Crippen molar-refractivity contribution in [2.75, 3.05) is 0 Å². The van der Waals surface area contributed by atoms with E-state index in [9.17, 15) is 0 Å². The van der Waals surface area contributed by atoms with Crippen LogP contribution in [-0.2, 0) is 6.54 Å². The Morgan fingerprint density at radius 2 is 2.00 bits per heavy atom. The van der Waals surface area contributed by atoms with Crippen LogP contribution in [0.4, 0.5) is 0 Å². The van der Waals surface area contributed by atoms with E-state index in [1.54, 1.807) is 0 Å². The van der Waals surface area contributed by atoms with Crippen LogP contribution in [0.15, 0.2) is 18.2 Å². The number of hydrogen-bond acceptors (Lipinski definition) is 1. The molecule has 18 heavy (non-hydrogen) atoms. The number of benzene rings is 1. The molecular weight excluding hydrogens is 242 g/mol. The van der Waals surface area contributed by atoms with Crippen molar-refractivity contribution in [2.24, 2.45) is 5.92 Å². The standard InChI is InChI=1S/C16H24ClN/c1-12-10-16(17)9-8-15(12)11-18-13(2)14-6-4-3-5-7-14/h8-10,13-14,18H,3-7,11H2,1-2H3/t13-/m0/s1. The molecule has 0 unspecified atom stereocenters. The van der Waals surface area contributed by atoms with E-state index in [1.807, 2.05) is 12.1 Å². The first-order valence-corrected chi connectivity index (χ1v) is 7.53. The van der Waals surface area contributed by atoms with E-state index in [2.05, 4.69) is 25.2 Å². The van der Waals surface area contributed by atoms with Crippen molar-refractivity contribution in [3.05, 3.63) is 34.3 Å². The Labute approximate surface area is 116 Å². The molecule has 1 atom stereocenters. The molecule has 1 N–H and O–H groups in total. The Bertz CT molecular complexity index is 383. The van der Waals surface area contributed by atoms with Crippen LogP contribution in [0.3, 0.4) is 0 Å². The largest absolute Gasteiger partial charge is 0.310 e. The lowest BCUT2D eigenvalue weighted by Gasteiger charge is -2.28. The van der Waals surface area contributed by atoms with Crippen molar-refractivity contribution in [1.29, 1.82) is 0 Å². The quantitative estimate of drug-likeness (QED) is 0.832. The summed E-state index contributed by atoms with van der Waals surface area (Å²) in [5.41, 5.74) is 2.65. The predicted molar refractivity (Wildman–Crippen MR) is 79.1 cm³/mol. The van der Waals surface area contributed by atoms with Crippen LogP contribution in [0, 0.1) is 12.8 Å². The average Bonchev–Trinajstić information content (AvgIpc) is 2.38. The highest BCUT2D eigenvalue weighted by atomic mass is 35.5. The Hall–Kier alpha value is -0.530. The third-order valence-corrected chi connectivity index (χ3v) is 4.51. The van der Waals surface area contributed by atoms with Crippen LogP contribution in [-0.4, -0.2) is 6.04 Å². The van der Waals surface area contributed by atoms with Crippen LogP contribution in [0.25, 0.3) is 0 Å². The lowest BCUT2D eigenvalue weighted by atomic mass is 9.84. The van der Waals surface area contributed by atoms with Crippen molar-refractivity contribution in [3.63, 3.8) is 0 Å². The van der Waals surface area contributed by atoms with Gasteiger partial charge in [0.1, 0.15) is 0 Å². The van der Waals surface area contributed by atoms with E-state index < -0.39 is 0 Å². The molecule has 2 heteroatoms. The van der Waals surface area contributed by atoms with E-state index >= 15 is 0 Å². The Balaban J connectivity index is 1.86. The van der Waals surface area contributed by atoms with Gasteiger partial charge in [0.05, 0.1) is 0 Å². The van der Waals surface area contributed by atoms with Crippen LogP contribution in [0.2, 0.25) is 5.02 Å². The van der Waals surface area contributed by atoms with E-state index in [0.29, 0.717) is 6.04 Å². The molecule has 0 heterocycles. The molecule has 0 aromatic heterocycles. The molecular formula is C16H24ClN. The van der Waals surface area contributed by atoms with Crippen LogP contribution in [0.1, 0.15) is 50.2 Å². The molecule has 0 aliphatic heterocycles. The minimum atomic E-state index is 0.625. The summed E-state index contributed by atoms with van der Waals surface area (Å²) in [4.78, 5) is 0. The fourth-order valence-corrected chi connectivity index (χ4v) is 3.16. The Morgan fingerprint density at radius 1 is 1.28 bits per heavy atom.